The van der Waals surface area contributed by atoms with E-state index in [-0.39, 0.29) is 33.4 Å². The van der Waals surface area contributed by atoms with Crippen LogP contribution in [0.25, 0.3) is 0 Å². The predicted molar refractivity (Wildman–Crippen MR) is 138 cm³/mol. The standard InChI is InChI=1S/C24H28Cl2N2O4S2/c1-24(2,3)13-4-6-17-19(10-13)33-23(28-21(29)16-7-5-14(25)11-18(16)26)20(17)22(30)27-15-8-9-34(31,32)12-15/h5,7,11,13,15H,4,6,8-10,12H2,1-3H3,(H,27,30)(H,28,29). The smallest absolute Gasteiger partial charge is 0.257 e. The van der Waals surface area contributed by atoms with Gasteiger partial charge in [-0.2, -0.15) is 0 Å². The lowest BCUT2D eigenvalue weighted by Gasteiger charge is -2.33. The molecule has 0 spiro atoms. The van der Waals surface area contributed by atoms with Crippen LogP contribution in [-0.4, -0.2) is 37.8 Å². The Morgan fingerprint density at radius 3 is 2.47 bits per heavy atom. The van der Waals surface area contributed by atoms with Crippen molar-refractivity contribution in [2.45, 2.75) is 52.5 Å². The SMILES string of the molecule is CC(C)(C)C1CCc2c(sc(NC(=O)c3ccc(Cl)cc3Cl)c2C(=O)NC2CCS(=O)(=O)C2)C1. The summed E-state index contributed by atoms with van der Waals surface area (Å²) in [5, 5.41) is 6.90. The summed E-state index contributed by atoms with van der Waals surface area (Å²) >= 11 is 13.6. The number of hydrogen-bond donors (Lipinski definition) is 2. The van der Waals surface area contributed by atoms with Crippen molar-refractivity contribution < 1.29 is 18.0 Å². The maximum Gasteiger partial charge on any atom is 0.257 e. The third-order valence-corrected chi connectivity index (χ3v) is 10.2. The molecule has 4 rings (SSSR count). The van der Waals surface area contributed by atoms with Gasteiger partial charge in [-0.1, -0.05) is 44.0 Å². The molecule has 2 unspecified atom stereocenters. The highest BCUT2D eigenvalue weighted by atomic mass is 35.5. The molecule has 1 aliphatic heterocycles. The van der Waals surface area contributed by atoms with Crippen molar-refractivity contribution in [3.8, 4) is 0 Å². The molecule has 2 atom stereocenters. The second-order valence-corrected chi connectivity index (χ2v) is 14.3. The summed E-state index contributed by atoms with van der Waals surface area (Å²) in [5.74, 6) is -0.287. The monoisotopic (exact) mass is 542 g/mol. The van der Waals surface area contributed by atoms with Crippen LogP contribution in [-0.2, 0) is 22.7 Å². The first-order chi connectivity index (χ1) is 15.8. The van der Waals surface area contributed by atoms with Gasteiger partial charge < -0.3 is 10.6 Å². The number of sulfone groups is 1. The third kappa shape index (κ3) is 5.45. The second-order valence-electron chi connectivity index (χ2n) is 10.2. The molecule has 1 aliphatic carbocycles. The average Bonchev–Trinajstić information content (AvgIpc) is 3.25. The van der Waals surface area contributed by atoms with Gasteiger partial charge in [0, 0.05) is 15.9 Å². The lowest BCUT2D eigenvalue weighted by atomic mass is 9.72. The zero-order valence-corrected chi connectivity index (χ0v) is 22.5. The molecule has 6 nitrogen and oxygen atoms in total. The van der Waals surface area contributed by atoms with Gasteiger partial charge in [0.05, 0.1) is 27.7 Å². The van der Waals surface area contributed by atoms with Crippen molar-refractivity contribution in [3.05, 3.63) is 49.8 Å². The molecule has 2 amide bonds. The van der Waals surface area contributed by atoms with Crippen LogP contribution < -0.4 is 10.6 Å². The second kappa shape index (κ2) is 9.45. The Hall–Kier alpha value is -1.61. The van der Waals surface area contributed by atoms with Gasteiger partial charge in [0.1, 0.15) is 5.00 Å². The molecule has 2 aliphatic rings. The molecule has 34 heavy (non-hydrogen) atoms. The Kier molecular flexibility index (Phi) is 7.08. The van der Waals surface area contributed by atoms with Crippen LogP contribution in [0.3, 0.4) is 0 Å². The molecule has 1 aromatic carbocycles. The predicted octanol–water partition coefficient (Wildman–Crippen LogP) is 5.38. The fourth-order valence-electron chi connectivity index (χ4n) is 4.66. The van der Waals surface area contributed by atoms with Crippen molar-refractivity contribution in [2.24, 2.45) is 11.3 Å². The number of amides is 2. The van der Waals surface area contributed by atoms with Crippen molar-refractivity contribution in [2.75, 3.05) is 16.8 Å². The Balaban J connectivity index is 1.66. The minimum Gasteiger partial charge on any atom is -0.348 e. The van der Waals surface area contributed by atoms with Crippen LogP contribution in [0.5, 0.6) is 0 Å². The number of rotatable bonds is 4. The van der Waals surface area contributed by atoms with E-state index in [1.165, 1.54) is 17.4 Å². The molecule has 0 bridgehead atoms. The largest absolute Gasteiger partial charge is 0.348 e. The lowest BCUT2D eigenvalue weighted by Crippen LogP contribution is -2.36. The topological polar surface area (TPSA) is 92.3 Å². The third-order valence-electron chi connectivity index (χ3n) is 6.69. The summed E-state index contributed by atoms with van der Waals surface area (Å²) in [6.07, 6.45) is 2.91. The number of fused-ring (bicyclic) bond motifs is 1. The van der Waals surface area contributed by atoms with Gasteiger partial charge >= 0.3 is 0 Å². The van der Waals surface area contributed by atoms with Gasteiger partial charge in [-0.15, -0.1) is 11.3 Å². The fourth-order valence-corrected chi connectivity index (χ4v) is 8.15. The zero-order chi connectivity index (χ0) is 24.8. The van der Waals surface area contributed by atoms with Crippen LogP contribution in [0.4, 0.5) is 5.00 Å². The van der Waals surface area contributed by atoms with Crippen LogP contribution >= 0.6 is 34.5 Å². The van der Waals surface area contributed by atoms with E-state index >= 15 is 0 Å². The van der Waals surface area contributed by atoms with Crippen molar-refractivity contribution >= 4 is 61.2 Å². The number of halogens is 2. The molecule has 0 radical (unpaired) electrons. The normalized spacial score (nSPS) is 21.7. The molecular formula is C24H28Cl2N2O4S2. The minimum atomic E-state index is -3.13. The Labute approximate surface area is 214 Å². The van der Waals surface area contributed by atoms with Crippen molar-refractivity contribution in [1.29, 1.82) is 0 Å². The summed E-state index contributed by atoms with van der Waals surface area (Å²) < 4.78 is 23.7. The Bertz CT molecular complexity index is 1250. The first-order valence-electron chi connectivity index (χ1n) is 11.3. The van der Waals surface area contributed by atoms with Crippen LogP contribution in [0.1, 0.15) is 64.8 Å². The first-order valence-corrected chi connectivity index (χ1v) is 14.7. The maximum absolute atomic E-state index is 13.4. The summed E-state index contributed by atoms with van der Waals surface area (Å²) in [7, 11) is -3.13. The molecule has 10 heteroatoms. The number of thiophene rings is 1. The van der Waals surface area contributed by atoms with Gasteiger partial charge in [-0.05, 0) is 60.8 Å². The number of carbonyl (C=O) groups is 2. The Morgan fingerprint density at radius 1 is 1.12 bits per heavy atom. The number of carbonyl (C=O) groups excluding carboxylic acids is 2. The van der Waals surface area contributed by atoms with Gasteiger partial charge in [-0.3, -0.25) is 9.59 Å². The van der Waals surface area contributed by atoms with E-state index in [0.717, 1.165) is 29.7 Å². The number of nitrogens with one attached hydrogen (secondary N) is 2. The van der Waals surface area contributed by atoms with Crippen molar-refractivity contribution in [3.63, 3.8) is 0 Å². The lowest BCUT2D eigenvalue weighted by molar-refractivity contribution is 0.0941. The molecule has 2 heterocycles. The summed E-state index contributed by atoms with van der Waals surface area (Å²) in [4.78, 5) is 27.5. The number of hydrogen-bond acceptors (Lipinski definition) is 5. The number of anilines is 1. The highest BCUT2D eigenvalue weighted by Gasteiger charge is 2.36. The van der Waals surface area contributed by atoms with E-state index in [0.29, 0.717) is 27.9 Å². The zero-order valence-electron chi connectivity index (χ0n) is 19.3. The maximum atomic E-state index is 13.4. The highest BCUT2D eigenvalue weighted by Crippen LogP contribution is 2.44. The molecule has 1 saturated heterocycles. The summed E-state index contributed by atoms with van der Waals surface area (Å²) in [5.41, 5.74) is 1.78. The highest BCUT2D eigenvalue weighted by molar-refractivity contribution is 7.91. The molecule has 184 valence electrons. The molecule has 2 aromatic rings. The Morgan fingerprint density at radius 2 is 1.85 bits per heavy atom. The van der Waals surface area contributed by atoms with Gasteiger partial charge in [0.25, 0.3) is 11.8 Å². The van der Waals surface area contributed by atoms with Crippen LogP contribution in [0.2, 0.25) is 10.0 Å². The van der Waals surface area contributed by atoms with Crippen molar-refractivity contribution in [1.82, 2.24) is 5.32 Å². The van der Waals surface area contributed by atoms with E-state index in [4.69, 9.17) is 23.2 Å². The van der Waals surface area contributed by atoms with Crippen LogP contribution in [0, 0.1) is 11.3 Å². The van der Waals surface area contributed by atoms with E-state index in [9.17, 15) is 18.0 Å². The van der Waals surface area contributed by atoms with Crippen LogP contribution in [0.15, 0.2) is 18.2 Å². The van der Waals surface area contributed by atoms with E-state index in [1.54, 1.807) is 12.1 Å². The molecular weight excluding hydrogens is 515 g/mol. The summed E-state index contributed by atoms with van der Waals surface area (Å²) in [6.45, 7) is 6.65. The fraction of sp³-hybridized carbons (Fsp3) is 0.500. The van der Waals surface area contributed by atoms with E-state index in [1.807, 2.05) is 0 Å². The molecule has 2 N–H and O–H groups in total. The quantitative estimate of drug-likeness (QED) is 0.542. The van der Waals surface area contributed by atoms with Gasteiger partial charge in [0.2, 0.25) is 0 Å². The molecule has 0 saturated carbocycles. The van der Waals surface area contributed by atoms with Gasteiger partial charge in [0.15, 0.2) is 9.84 Å². The first kappa shape index (κ1) is 25.5. The van der Waals surface area contributed by atoms with Gasteiger partial charge in [-0.25, -0.2) is 8.42 Å². The van der Waals surface area contributed by atoms with E-state index in [2.05, 4.69) is 31.4 Å². The number of benzene rings is 1. The molecule has 1 aromatic heterocycles. The summed E-state index contributed by atoms with van der Waals surface area (Å²) in [6, 6.07) is 4.21. The average molecular weight is 544 g/mol. The molecule has 1 fully saturated rings. The minimum absolute atomic E-state index is 0.0563. The van der Waals surface area contributed by atoms with E-state index < -0.39 is 21.8 Å².